The van der Waals surface area contributed by atoms with Crippen LogP contribution in [0.2, 0.25) is 4.34 Å². The summed E-state index contributed by atoms with van der Waals surface area (Å²) in [5.74, 6) is -3.40. The molecule has 13 heteroatoms. The standard InChI is InChI=1S/C20H14ClF2N3O5S2/c1-24-15-8-16-12(7-14(15)23)20(28)26(9-31-16)10-2-3-11(13(22)6-10)19(27)25-33(29,30)18-5-4-17(21)32-18/h2-8,24H,9H2,1H3,(H,25,27). The van der Waals surface area contributed by atoms with Gasteiger partial charge in [0.15, 0.2) is 6.73 Å². The fourth-order valence-corrected chi connectivity index (χ4v) is 5.54. The van der Waals surface area contributed by atoms with Crippen LogP contribution in [-0.4, -0.2) is 34.0 Å². The lowest BCUT2D eigenvalue weighted by Crippen LogP contribution is -2.39. The first-order valence-corrected chi connectivity index (χ1v) is 11.9. The van der Waals surface area contributed by atoms with E-state index in [-0.39, 0.29) is 38.0 Å². The van der Waals surface area contributed by atoms with Crippen molar-refractivity contribution in [2.45, 2.75) is 4.21 Å². The van der Waals surface area contributed by atoms with Gasteiger partial charge in [-0.2, -0.15) is 0 Å². The maximum atomic E-state index is 14.7. The van der Waals surface area contributed by atoms with Gasteiger partial charge in [-0.05, 0) is 36.4 Å². The molecule has 8 nitrogen and oxygen atoms in total. The molecule has 33 heavy (non-hydrogen) atoms. The molecule has 0 saturated heterocycles. The van der Waals surface area contributed by atoms with Crippen LogP contribution in [0.4, 0.5) is 20.2 Å². The van der Waals surface area contributed by atoms with E-state index in [1.165, 1.54) is 31.3 Å². The van der Waals surface area contributed by atoms with Crippen molar-refractivity contribution in [1.29, 1.82) is 0 Å². The third-order valence-corrected chi connectivity index (χ3v) is 7.77. The van der Waals surface area contributed by atoms with Crippen molar-refractivity contribution < 1.29 is 31.5 Å². The summed E-state index contributed by atoms with van der Waals surface area (Å²) >= 11 is 6.45. The summed E-state index contributed by atoms with van der Waals surface area (Å²) in [5, 5.41) is 2.64. The number of sulfonamides is 1. The number of nitrogens with one attached hydrogen (secondary N) is 2. The number of fused-ring (bicyclic) bond motifs is 1. The first-order chi connectivity index (χ1) is 15.6. The van der Waals surface area contributed by atoms with Crippen molar-refractivity contribution in [3.63, 3.8) is 0 Å². The second-order valence-corrected chi connectivity index (χ2v) is 10.4. The minimum atomic E-state index is -4.24. The number of benzene rings is 2. The molecule has 2 aromatic carbocycles. The highest BCUT2D eigenvalue weighted by Crippen LogP contribution is 2.33. The number of rotatable bonds is 5. The largest absolute Gasteiger partial charge is 0.472 e. The van der Waals surface area contributed by atoms with E-state index in [1.807, 2.05) is 0 Å². The lowest BCUT2D eigenvalue weighted by atomic mass is 10.1. The van der Waals surface area contributed by atoms with Crippen LogP contribution >= 0.6 is 22.9 Å². The third-order valence-electron chi connectivity index (χ3n) is 4.71. The average Bonchev–Trinajstić information content (AvgIpc) is 3.21. The minimum Gasteiger partial charge on any atom is -0.472 e. The van der Waals surface area contributed by atoms with Gasteiger partial charge < -0.3 is 10.1 Å². The first kappa shape index (κ1) is 23.0. The van der Waals surface area contributed by atoms with Crippen LogP contribution in [0.25, 0.3) is 0 Å². The average molecular weight is 514 g/mol. The minimum absolute atomic E-state index is 0.0331. The molecule has 2 amide bonds. The number of carbonyl (C=O) groups is 2. The van der Waals surface area contributed by atoms with E-state index in [0.29, 0.717) is 0 Å². The van der Waals surface area contributed by atoms with Gasteiger partial charge in [0, 0.05) is 13.1 Å². The molecular weight excluding hydrogens is 500 g/mol. The SMILES string of the molecule is CNc1cc2c(cc1F)C(=O)N(c1ccc(C(=O)NS(=O)(=O)c3ccc(Cl)s3)c(F)c1)CO2. The van der Waals surface area contributed by atoms with Crippen molar-refractivity contribution in [3.05, 3.63) is 69.6 Å². The van der Waals surface area contributed by atoms with E-state index < -0.39 is 39.0 Å². The van der Waals surface area contributed by atoms with Gasteiger partial charge in [0.1, 0.15) is 21.6 Å². The monoisotopic (exact) mass is 513 g/mol. The highest BCUT2D eigenvalue weighted by molar-refractivity contribution is 7.92. The Bertz CT molecular complexity index is 1390. The molecule has 1 aromatic heterocycles. The highest BCUT2D eigenvalue weighted by atomic mass is 35.5. The lowest BCUT2D eigenvalue weighted by molar-refractivity contribution is 0.0935. The topological polar surface area (TPSA) is 105 Å². The molecule has 2 heterocycles. The fraction of sp³-hybridized carbons (Fsp3) is 0.100. The van der Waals surface area contributed by atoms with Crippen LogP contribution in [-0.2, 0) is 10.0 Å². The van der Waals surface area contributed by atoms with Crippen molar-refractivity contribution in [2.24, 2.45) is 0 Å². The van der Waals surface area contributed by atoms with Crippen molar-refractivity contribution >= 4 is 56.2 Å². The Hall–Kier alpha value is -3.22. The fourth-order valence-electron chi connectivity index (χ4n) is 3.09. The van der Waals surface area contributed by atoms with E-state index in [9.17, 15) is 26.8 Å². The van der Waals surface area contributed by atoms with E-state index in [1.54, 1.807) is 4.72 Å². The smallest absolute Gasteiger partial charge is 0.273 e. The van der Waals surface area contributed by atoms with Gasteiger partial charge in [-0.15, -0.1) is 11.3 Å². The van der Waals surface area contributed by atoms with Crippen molar-refractivity contribution in [1.82, 2.24) is 4.72 Å². The summed E-state index contributed by atoms with van der Waals surface area (Å²) in [5.41, 5.74) is -0.428. The molecule has 0 unspecified atom stereocenters. The lowest BCUT2D eigenvalue weighted by Gasteiger charge is -2.29. The van der Waals surface area contributed by atoms with Crippen LogP contribution in [0.1, 0.15) is 20.7 Å². The third kappa shape index (κ3) is 4.36. The van der Waals surface area contributed by atoms with Gasteiger partial charge in [-0.1, -0.05) is 11.6 Å². The Labute approximate surface area is 195 Å². The normalized spacial score (nSPS) is 13.3. The Morgan fingerprint density at radius 2 is 1.91 bits per heavy atom. The molecule has 0 bridgehead atoms. The van der Waals surface area contributed by atoms with Gasteiger partial charge in [0.2, 0.25) is 0 Å². The number of carbonyl (C=O) groups excluding carboxylic acids is 2. The number of anilines is 2. The molecular formula is C20H14ClF2N3O5S2. The molecule has 3 aromatic rings. The number of halogens is 3. The van der Waals surface area contributed by atoms with E-state index in [4.69, 9.17) is 16.3 Å². The molecule has 0 atom stereocenters. The zero-order valence-electron chi connectivity index (χ0n) is 16.7. The van der Waals surface area contributed by atoms with Crippen LogP contribution in [0.5, 0.6) is 5.75 Å². The Balaban J connectivity index is 1.57. The van der Waals surface area contributed by atoms with Crippen LogP contribution < -0.4 is 19.7 Å². The Morgan fingerprint density at radius 1 is 1.15 bits per heavy atom. The highest BCUT2D eigenvalue weighted by Gasteiger charge is 2.30. The second-order valence-electron chi connectivity index (χ2n) is 6.74. The Kier molecular flexibility index (Phi) is 5.99. The van der Waals surface area contributed by atoms with Crippen LogP contribution in [0.15, 0.2) is 46.7 Å². The van der Waals surface area contributed by atoms with Crippen molar-refractivity contribution in [3.8, 4) is 5.75 Å². The molecule has 0 spiro atoms. The maximum Gasteiger partial charge on any atom is 0.273 e. The summed E-state index contributed by atoms with van der Waals surface area (Å²) in [4.78, 5) is 26.2. The molecule has 2 N–H and O–H groups in total. The summed E-state index contributed by atoms with van der Waals surface area (Å²) in [6.07, 6.45) is 0. The van der Waals surface area contributed by atoms with Crippen molar-refractivity contribution in [2.75, 3.05) is 24.0 Å². The molecule has 4 rings (SSSR count). The molecule has 0 radical (unpaired) electrons. The van der Waals surface area contributed by atoms with E-state index in [0.717, 1.165) is 34.4 Å². The zero-order chi connectivity index (χ0) is 23.9. The van der Waals surface area contributed by atoms with E-state index in [2.05, 4.69) is 5.32 Å². The Morgan fingerprint density at radius 3 is 2.55 bits per heavy atom. The molecule has 0 fully saturated rings. The molecule has 0 aliphatic carbocycles. The molecule has 1 aliphatic rings. The first-order valence-electron chi connectivity index (χ1n) is 9.18. The number of amides is 2. The van der Waals surface area contributed by atoms with Crippen LogP contribution in [0.3, 0.4) is 0 Å². The predicted octanol–water partition coefficient (Wildman–Crippen LogP) is 3.84. The summed E-state index contributed by atoms with van der Waals surface area (Å²) < 4.78 is 60.6. The number of ether oxygens (including phenoxy) is 1. The zero-order valence-corrected chi connectivity index (χ0v) is 19.1. The van der Waals surface area contributed by atoms with Gasteiger partial charge in [0.05, 0.1) is 26.8 Å². The van der Waals surface area contributed by atoms with Gasteiger partial charge in [-0.3, -0.25) is 14.5 Å². The quantitative estimate of drug-likeness (QED) is 0.537. The summed E-state index contributed by atoms with van der Waals surface area (Å²) in [6, 6.07) is 8.08. The molecule has 172 valence electrons. The number of hydrogen-bond acceptors (Lipinski definition) is 7. The summed E-state index contributed by atoms with van der Waals surface area (Å²) in [7, 11) is -2.73. The van der Waals surface area contributed by atoms with E-state index >= 15 is 0 Å². The number of hydrogen-bond donors (Lipinski definition) is 2. The molecule has 1 aliphatic heterocycles. The van der Waals surface area contributed by atoms with Gasteiger partial charge in [0.25, 0.3) is 21.8 Å². The van der Waals surface area contributed by atoms with Crippen LogP contribution in [0, 0.1) is 11.6 Å². The number of nitrogens with zero attached hydrogens (tertiary/aromatic N) is 1. The maximum absolute atomic E-state index is 14.7. The number of thiophene rings is 1. The second kappa shape index (κ2) is 8.61. The van der Waals surface area contributed by atoms with Gasteiger partial charge >= 0.3 is 0 Å². The van der Waals surface area contributed by atoms with Gasteiger partial charge in [-0.25, -0.2) is 21.9 Å². The predicted molar refractivity (Wildman–Crippen MR) is 119 cm³/mol. The summed E-state index contributed by atoms with van der Waals surface area (Å²) in [6.45, 7) is -0.279. The molecule has 0 saturated carbocycles.